The Balaban J connectivity index is 1.59. The monoisotopic (exact) mass is 480 g/mol. The van der Waals surface area contributed by atoms with Gasteiger partial charge in [-0.25, -0.2) is 4.98 Å². The van der Waals surface area contributed by atoms with Gasteiger partial charge in [-0.15, -0.1) is 11.3 Å². The molecule has 0 saturated heterocycles. The Morgan fingerprint density at radius 1 is 0.967 bits per heavy atom. The Hall–Kier alpha value is -3.16. The van der Waals surface area contributed by atoms with E-state index in [1.807, 2.05) is 78.9 Å². The zero-order valence-electron chi connectivity index (χ0n) is 15.7. The molecule has 4 rings (SSSR count). The predicted octanol–water partition coefficient (Wildman–Crippen LogP) is 6.74. The first-order chi connectivity index (χ1) is 14.6. The number of rotatable bonds is 7. The first-order valence-corrected chi connectivity index (χ1v) is 10.8. The van der Waals surface area contributed by atoms with Crippen LogP contribution < -0.4 is 10.1 Å². The van der Waals surface area contributed by atoms with Crippen LogP contribution in [0.25, 0.3) is 11.3 Å². The van der Waals surface area contributed by atoms with Gasteiger partial charge in [0.05, 0.1) is 12.1 Å². The molecule has 1 aromatic heterocycles. The standard InChI is InChI=1S/C23H17BrN2O3S/c24-16-8-10-17(11-9-16)25-23-26-22(20(30-23)14-21(27)28)15-6-12-19(13-7-15)29-18-4-2-1-3-5-18/h1-13H,14H2,(H,25,26)(H,27,28). The van der Waals surface area contributed by atoms with Crippen LogP contribution in [-0.4, -0.2) is 16.1 Å². The van der Waals surface area contributed by atoms with Crippen molar-refractivity contribution in [2.75, 3.05) is 5.32 Å². The van der Waals surface area contributed by atoms with Crippen molar-refractivity contribution in [3.8, 4) is 22.8 Å². The molecule has 0 unspecified atom stereocenters. The largest absolute Gasteiger partial charge is 0.481 e. The summed E-state index contributed by atoms with van der Waals surface area (Å²) in [7, 11) is 0. The van der Waals surface area contributed by atoms with Crippen molar-refractivity contribution in [3.63, 3.8) is 0 Å². The van der Waals surface area contributed by atoms with Gasteiger partial charge in [-0.3, -0.25) is 4.79 Å². The Kier molecular flexibility index (Phi) is 6.11. The average molecular weight is 481 g/mol. The summed E-state index contributed by atoms with van der Waals surface area (Å²) >= 11 is 4.76. The second-order valence-electron chi connectivity index (χ2n) is 6.43. The second-order valence-corrected chi connectivity index (χ2v) is 8.43. The molecule has 5 nitrogen and oxygen atoms in total. The molecule has 0 spiro atoms. The molecule has 0 amide bonds. The van der Waals surface area contributed by atoms with Gasteiger partial charge in [0.25, 0.3) is 0 Å². The average Bonchev–Trinajstić information content (AvgIpc) is 3.12. The van der Waals surface area contributed by atoms with E-state index in [9.17, 15) is 9.90 Å². The third-order valence-electron chi connectivity index (χ3n) is 4.21. The fraction of sp³-hybridized carbons (Fsp3) is 0.0435. The second kappa shape index (κ2) is 9.11. The van der Waals surface area contributed by atoms with Crippen molar-refractivity contribution in [3.05, 3.63) is 88.2 Å². The van der Waals surface area contributed by atoms with E-state index >= 15 is 0 Å². The SMILES string of the molecule is O=C(O)Cc1sc(Nc2ccc(Br)cc2)nc1-c1ccc(Oc2ccccc2)cc1. The van der Waals surface area contributed by atoms with Crippen LogP contribution in [0.3, 0.4) is 0 Å². The van der Waals surface area contributed by atoms with Crippen LogP contribution in [0.4, 0.5) is 10.8 Å². The summed E-state index contributed by atoms with van der Waals surface area (Å²) in [5.74, 6) is 0.568. The van der Waals surface area contributed by atoms with Crippen molar-refractivity contribution in [2.45, 2.75) is 6.42 Å². The maximum absolute atomic E-state index is 11.3. The molecular weight excluding hydrogens is 464 g/mol. The van der Waals surface area contributed by atoms with Crippen molar-refractivity contribution in [1.82, 2.24) is 4.98 Å². The summed E-state index contributed by atoms with van der Waals surface area (Å²) in [6.07, 6.45) is -0.0860. The molecule has 0 radical (unpaired) electrons. The molecule has 2 N–H and O–H groups in total. The summed E-state index contributed by atoms with van der Waals surface area (Å²) in [6.45, 7) is 0. The van der Waals surface area contributed by atoms with E-state index in [2.05, 4.69) is 26.2 Å². The summed E-state index contributed by atoms with van der Waals surface area (Å²) in [5.41, 5.74) is 2.38. The molecular formula is C23H17BrN2O3S. The number of carbonyl (C=O) groups is 1. The topological polar surface area (TPSA) is 71.5 Å². The molecule has 0 aliphatic carbocycles. The highest BCUT2D eigenvalue weighted by Crippen LogP contribution is 2.34. The van der Waals surface area contributed by atoms with Crippen LogP contribution in [0, 0.1) is 0 Å². The van der Waals surface area contributed by atoms with Gasteiger partial charge in [-0.2, -0.15) is 0 Å². The van der Waals surface area contributed by atoms with Gasteiger partial charge in [-0.1, -0.05) is 34.1 Å². The number of halogens is 1. The number of nitrogens with one attached hydrogen (secondary N) is 1. The van der Waals surface area contributed by atoms with E-state index in [0.29, 0.717) is 21.5 Å². The summed E-state index contributed by atoms with van der Waals surface area (Å²) in [5, 5.41) is 13.2. The third kappa shape index (κ3) is 5.06. The van der Waals surface area contributed by atoms with E-state index in [1.54, 1.807) is 0 Å². The maximum atomic E-state index is 11.3. The van der Waals surface area contributed by atoms with E-state index in [0.717, 1.165) is 21.5 Å². The highest BCUT2D eigenvalue weighted by atomic mass is 79.9. The van der Waals surface area contributed by atoms with Crippen LogP contribution in [0.15, 0.2) is 83.3 Å². The Labute approximate surface area is 186 Å². The minimum atomic E-state index is -0.890. The van der Waals surface area contributed by atoms with E-state index < -0.39 is 5.97 Å². The molecule has 150 valence electrons. The number of para-hydroxylation sites is 1. The molecule has 7 heteroatoms. The van der Waals surface area contributed by atoms with Gasteiger partial charge >= 0.3 is 5.97 Å². The number of aromatic nitrogens is 1. The van der Waals surface area contributed by atoms with Crippen LogP contribution >= 0.6 is 27.3 Å². The van der Waals surface area contributed by atoms with Crippen molar-refractivity contribution in [2.24, 2.45) is 0 Å². The van der Waals surface area contributed by atoms with Gasteiger partial charge in [0.1, 0.15) is 11.5 Å². The van der Waals surface area contributed by atoms with Crippen LogP contribution in [0.2, 0.25) is 0 Å². The number of aliphatic carboxylic acids is 1. The fourth-order valence-electron chi connectivity index (χ4n) is 2.85. The van der Waals surface area contributed by atoms with Gasteiger partial charge in [0, 0.05) is 20.6 Å². The lowest BCUT2D eigenvalue weighted by molar-refractivity contribution is -0.136. The van der Waals surface area contributed by atoms with Crippen molar-refractivity contribution in [1.29, 1.82) is 0 Å². The first kappa shape index (κ1) is 20.1. The molecule has 1 heterocycles. The quantitative estimate of drug-likeness (QED) is 0.306. The number of nitrogens with zero attached hydrogens (tertiary/aromatic N) is 1. The fourth-order valence-corrected chi connectivity index (χ4v) is 4.11. The lowest BCUT2D eigenvalue weighted by atomic mass is 10.1. The number of anilines is 2. The van der Waals surface area contributed by atoms with Gasteiger partial charge in [-0.05, 0) is 60.7 Å². The Morgan fingerprint density at radius 2 is 1.63 bits per heavy atom. The number of carboxylic acids is 1. The number of carboxylic acid groups (broad SMARTS) is 1. The van der Waals surface area contributed by atoms with E-state index in [4.69, 9.17) is 4.74 Å². The maximum Gasteiger partial charge on any atom is 0.308 e. The molecule has 0 bridgehead atoms. The molecule has 3 aromatic carbocycles. The van der Waals surface area contributed by atoms with Crippen molar-refractivity contribution >= 4 is 44.1 Å². The highest BCUT2D eigenvalue weighted by Gasteiger charge is 2.16. The van der Waals surface area contributed by atoms with Crippen molar-refractivity contribution < 1.29 is 14.6 Å². The highest BCUT2D eigenvalue weighted by molar-refractivity contribution is 9.10. The minimum absolute atomic E-state index is 0.0860. The minimum Gasteiger partial charge on any atom is -0.481 e. The number of benzene rings is 3. The Bertz CT molecular complexity index is 1140. The van der Waals surface area contributed by atoms with Gasteiger partial charge in [0.15, 0.2) is 5.13 Å². The van der Waals surface area contributed by atoms with Crippen LogP contribution in [0.1, 0.15) is 4.88 Å². The van der Waals surface area contributed by atoms with Gasteiger partial charge < -0.3 is 15.2 Å². The Morgan fingerprint density at radius 3 is 2.30 bits per heavy atom. The lowest BCUT2D eigenvalue weighted by Gasteiger charge is -2.06. The zero-order chi connectivity index (χ0) is 20.9. The molecule has 0 atom stereocenters. The molecule has 30 heavy (non-hydrogen) atoms. The van der Waals surface area contributed by atoms with Gasteiger partial charge in [0.2, 0.25) is 0 Å². The smallest absolute Gasteiger partial charge is 0.308 e. The third-order valence-corrected chi connectivity index (χ3v) is 5.71. The summed E-state index contributed by atoms with van der Waals surface area (Å²) in [4.78, 5) is 16.7. The predicted molar refractivity (Wildman–Crippen MR) is 123 cm³/mol. The number of thiazole rings is 1. The van der Waals surface area contributed by atoms with Crippen LogP contribution in [0.5, 0.6) is 11.5 Å². The molecule has 0 aliphatic rings. The zero-order valence-corrected chi connectivity index (χ0v) is 18.1. The summed E-state index contributed by atoms with van der Waals surface area (Å²) in [6, 6.07) is 24.7. The molecule has 0 aliphatic heterocycles. The first-order valence-electron chi connectivity index (χ1n) is 9.14. The number of ether oxygens (including phenoxy) is 1. The molecule has 4 aromatic rings. The normalized spacial score (nSPS) is 10.6. The lowest BCUT2D eigenvalue weighted by Crippen LogP contribution is -1.99. The molecule has 0 fully saturated rings. The number of hydrogen-bond acceptors (Lipinski definition) is 5. The van der Waals surface area contributed by atoms with E-state index in [-0.39, 0.29) is 6.42 Å². The van der Waals surface area contributed by atoms with E-state index in [1.165, 1.54) is 11.3 Å². The summed E-state index contributed by atoms with van der Waals surface area (Å²) < 4.78 is 6.81. The van der Waals surface area contributed by atoms with Crippen LogP contribution in [-0.2, 0) is 11.2 Å². The number of hydrogen-bond donors (Lipinski definition) is 2. The molecule has 0 saturated carbocycles.